The molecule has 5 fully saturated rings. The molecule has 61 heavy (non-hydrogen) atoms. The molecule has 326 valence electrons. The molecule has 0 aromatic heterocycles. The fourth-order valence-corrected chi connectivity index (χ4v) is 5.24. The van der Waals surface area contributed by atoms with Gasteiger partial charge in [-0.1, -0.05) is 107 Å². The monoisotopic (exact) mass is 834 g/mol. The van der Waals surface area contributed by atoms with Crippen molar-refractivity contribution in [3.63, 3.8) is 0 Å². The van der Waals surface area contributed by atoms with Gasteiger partial charge in [0.1, 0.15) is 92.3 Å². The molecule has 5 unspecified atom stereocenters. The highest BCUT2D eigenvalue weighted by Gasteiger charge is 2.25. The topological polar surface area (TPSA) is 109 Å². The number of para-hydroxylation sites is 3. The van der Waals surface area contributed by atoms with Gasteiger partial charge in [-0.25, -0.2) is 0 Å². The summed E-state index contributed by atoms with van der Waals surface area (Å²) in [6.45, 7) is 16.4. The summed E-state index contributed by atoms with van der Waals surface area (Å²) < 4.78 is 52.6. The zero-order valence-electron chi connectivity index (χ0n) is 36.0. The SMILES string of the molecule is CC(C)c1cccc(OCC2CO2)c1.CC(C)c1cccc(OCC2CO2)c1.c1ccc(OCC2CO2)cc1.c1ccc(OCC2CO2)cc1.c1ccc(OCC2CO2)cc1. The zero-order chi connectivity index (χ0) is 42.5. The first kappa shape index (κ1) is 45.4. The first-order valence-corrected chi connectivity index (χ1v) is 21.4. The maximum absolute atomic E-state index is 5.60. The molecule has 0 aliphatic carbocycles. The Labute approximate surface area is 361 Å². The Morgan fingerprint density at radius 1 is 0.344 bits per heavy atom. The molecule has 10 rings (SSSR count). The normalized spacial score (nSPS) is 20.6. The number of ether oxygens (including phenoxy) is 10. The van der Waals surface area contributed by atoms with E-state index in [-0.39, 0.29) is 0 Å². The van der Waals surface area contributed by atoms with Gasteiger partial charge in [-0.3, -0.25) is 0 Å². The van der Waals surface area contributed by atoms with E-state index in [0.717, 1.165) is 61.8 Å². The minimum Gasteiger partial charge on any atom is -0.491 e. The Morgan fingerprint density at radius 3 is 0.803 bits per heavy atom. The van der Waals surface area contributed by atoms with E-state index in [1.165, 1.54) is 11.1 Å². The Kier molecular flexibility index (Phi) is 18.6. The van der Waals surface area contributed by atoms with Crippen molar-refractivity contribution in [3.8, 4) is 28.7 Å². The van der Waals surface area contributed by atoms with Gasteiger partial charge in [0.2, 0.25) is 0 Å². The molecule has 5 aliphatic rings. The lowest BCUT2D eigenvalue weighted by atomic mass is 10.0. The van der Waals surface area contributed by atoms with E-state index in [9.17, 15) is 0 Å². The van der Waals surface area contributed by atoms with Crippen molar-refractivity contribution in [3.05, 3.63) is 151 Å². The summed E-state index contributed by atoms with van der Waals surface area (Å²) in [5.41, 5.74) is 2.64. The van der Waals surface area contributed by atoms with Gasteiger partial charge in [0, 0.05) is 0 Å². The summed E-state index contributed by atoms with van der Waals surface area (Å²) in [6.07, 6.45) is 1.69. The van der Waals surface area contributed by atoms with Gasteiger partial charge in [-0.2, -0.15) is 0 Å². The lowest BCUT2D eigenvalue weighted by Gasteiger charge is -2.08. The second kappa shape index (κ2) is 25.0. The lowest BCUT2D eigenvalue weighted by molar-refractivity contribution is 0.263. The molecule has 10 heteroatoms. The highest BCUT2D eigenvalue weighted by atomic mass is 16.6. The van der Waals surface area contributed by atoms with E-state index in [2.05, 4.69) is 52.0 Å². The maximum atomic E-state index is 5.60. The van der Waals surface area contributed by atoms with Crippen LogP contribution in [-0.2, 0) is 23.7 Å². The van der Waals surface area contributed by atoms with E-state index >= 15 is 0 Å². The molecule has 5 atom stereocenters. The molecule has 0 spiro atoms. The van der Waals surface area contributed by atoms with Crippen LogP contribution in [0.5, 0.6) is 28.7 Å². The van der Waals surface area contributed by atoms with Gasteiger partial charge in [-0.15, -0.1) is 0 Å². The minimum absolute atomic E-state index is 0.331. The van der Waals surface area contributed by atoms with Crippen molar-refractivity contribution in [1.82, 2.24) is 0 Å². The van der Waals surface area contributed by atoms with Crippen LogP contribution in [0.1, 0.15) is 50.7 Å². The van der Waals surface area contributed by atoms with Crippen LogP contribution in [0.4, 0.5) is 0 Å². The van der Waals surface area contributed by atoms with Crippen molar-refractivity contribution in [2.24, 2.45) is 0 Å². The molecule has 5 aromatic rings. The first-order valence-electron chi connectivity index (χ1n) is 21.4. The molecule has 0 saturated carbocycles. The van der Waals surface area contributed by atoms with Crippen molar-refractivity contribution in [1.29, 1.82) is 0 Å². The van der Waals surface area contributed by atoms with Crippen molar-refractivity contribution < 1.29 is 47.4 Å². The van der Waals surface area contributed by atoms with E-state index < -0.39 is 0 Å². The predicted octanol–water partition coefficient (Wildman–Crippen LogP) is 9.57. The van der Waals surface area contributed by atoms with Crippen LogP contribution in [0.2, 0.25) is 0 Å². The van der Waals surface area contributed by atoms with Crippen molar-refractivity contribution in [2.45, 2.75) is 70.1 Å². The van der Waals surface area contributed by atoms with E-state index in [1.807, 2.05) is 115 Å². The van der Waals surface area contributed by atoms with Crippen molar-refractivity contribution >= 4 is 0 Å². The van der Waals surface area contributed by atoms with Gasteiger partial charge >= 0.3 is 0 Å². The summed E-state index contributed by atoms with van der Waals surface area (Å²) in [5, 5.41) is 0. The van der Waals surface area contributed by atoms with Gasteiger partial charge < -0.3 is 47.4 Å². The summed E-state index contributed by atoms with van der Waals surface area (Å²) >= 11 is 0. The van der Waals surface area contributed by atoms with Crippen LogP contribution in [0.3, 0.4) is 0 Å². The second-order valence-electron chi connectivity index (χ2n) is 15.7. The molecule has 10 nitrogen and oxygen atoms in total. The molecule has 0 amide bonds. The van der Waals surface area contributed by atoms with Gasteiger partial charge in [0.15, 0.2) is 0 Å². The Morgan fingerprint density at radius 2 is 0.574 bits per heavy atom. The third kappa shape index (κ3) is 20.3. The van der Waals surface area contributed by atoms with E-state index in [4.69, 9.17) is 47.4 Å². The Balaban J connectivity index is 0.000000128. The van der Waals surface area contributed by atoms with Gasteiger partial charge in [0.05, 0.1) is 33.0 Å². The molecule has 5 heterocycles. The highest BCUT2D eigenvalue weighted by molar-refractivity contribution is 5.31. The average Bonchev–Trinajstić information content (AvgIpc) is 4.08. The van der Waals surface area contributed by atoms with Gasteiger partial charge in [0.25, 0.3) is 0 Å². The quantitative estimate of drug-likeness (QED) is 0.0841. The fraction of sp³-hybridized carbons (Fsp3) is 0.412. The van der Waals surface area contributed by atoms with Crippen LogP contribution in [0, 0.1) is 0 Å². The van der Waals surface area contributed by atoms with Gasteiger partial charge in [-0.05, 0) is 83.6 Å². The molecule has 0 N–H and O–H groups in total. The van der Waals surface area contributed by atoms with E-state index in [0.29, 0.717) is 75.4 Å². The summed E-state index contributed by atoms with van der Waals surface area (Å²) in [6, 6.07) is 45.9. The smallest absolute Gasteiger partial charge is 0.119 e. The summed E-state index contributed by atoms with van der Waals surface area (Å²) in [5.74, 6) is 5.76. The van der Waals surface area contributed by atoms with Crippen LogP contribution < -0.4 is 23.7 Å². The summed E-state index contributed by atoms with van der Waals surface area (Å²) in [4.78, 5) is 0. The van der Waals surface area contributed by atoms with Crippen molar-refractivity contribution in [2.75, 3.05) is 66.1 Å². The van der Waals surface area contributed by atoms with Crippen LogP contribution in [0.15, 0.2) is 140 Å². The number of benzene rings is 5. The maximum Gasteiger partial charge on any atom is 0.119 e. The fourth-order valence-electron chi connectivity index (χ4n) is 5.24. The van der Waals surface area contributed by atoms with Crippen LogP contribution >= 0.6 is 0 Å². The second-order valence-corrected chi connectivity index (χ2v) is 15.7. The molecule has 5 aliphatic heterocycles. The Hall–Kier alpha value is -5.10. The third-order valence-corrected chi connectivity index (χ3v) is 9.47. The molecule has 0 radical (unpaired) electrons. The van der Waals surface area contributed by atoms with Crippen LogP contribution in [0.25, 0.3) is 0 Å². The summed E-state index contributed by atoms with van der Waals surface area (Å²) in [7, 11) is 0. The average molecular weight is 835 g/mol. The molecule has 5 aromatic carbocycles. The molecule has 5 saturated heterocycles. The largest absolute Gasteiger partial charge is 0.491 e. The molecular formula is C51H62O10. The predicted molar refractivity (Wildman–Crippen MR) is 237 cm³/mol. The van der Waals surface area contributed by atoms with Crippen LogP contribution in [-0.4, -0.2) is 96.6 Å². The molecular weight excluding hydrogens is 773 g/mol. The highest BCUT2D eigenvalue weighted by Crippen LogP contribution is 2.23. The zero-order valence-corrected chi connectivity index (χ0v) is 36.0. The first-order chi connectivity index (χ1) is 29.9. The number of hydrogen-bond donors (Lipinski definition) is 0. The lowest BCUT2D eigenvalue weighted by Crippen LogP contribution is -2.04. The number of epoxide rings is 5. The molecule has 0 bridgehead atoms. The van der Waals surface area contributed by atoms with E-state index in [1.54, 1.807) is 0 Å². The third-order valence-electron chi connectivity index (χ3n) is 9.47. The minimum atomic E-state index is 0.331. The number of hydrogen-bond acceptors (Lipinski definition) is 10. The number of rotatable bonds is 17. The standard InChI is InChI=1S/2C12H16O2.3C9H10O2/c2*1-9(2)10-4-3-5-11(6-10)13-7-12-8-14-12;3*1-2-4-8(5-3-1)10-6-9-7-11-9/h2*3-6,9,12H,7-8H2,1-2H3;3*1-5,9H,6-7H2. The Bertz CT molecular complexity index is 1720.